The van der Waals surface area contributed by atoms with E-state index < -0.39 is 0 Å². The molecule has 0 saturated heterocycles. The molecule has 0 spiro atoms. The van der Waals surface area contributed by atoms with Crippen molar-refractivity contribution < 1.29 is 0 Å². The van der Waals surface area contributed by atoms with E-state index in [0.717, 1.165) is 6.42 Å². The van der Waals surface area contributed by atoms with Crippen molar-refractivity contribution in [1.82, 2.24) is 0 Å². The minimum absolute atomic E-state index is 1.02. The maximum absolute atomic E-state index is 3.83. The van der Waals surface area contributed by atoms with Crippen molar-refractivity contribution in [3.63, 3.8) is 0 Å². The quantitative estimate of drug-likeness (QED) is 0.303. The van der Waals surface area contributed by atoms with Crippen molar-refractivity contribution in [2.75, 3.05) is 0 Å². The number of rotatable bonds is 1. The third-order valence-electron chi connectivity index (χ3n) is 4.94. The summed E-state index contributed by atoms with van der Waals surface area (Å²) < 4.78 is 1.19. The van der Waals surface area contributed by atoms with E-state index in [1.807, 2.05) is 0 Å². The molecular weight excluding hydrogens is 356 g/mol. The molecule has 5 rings (SSSR count). The van der Waals surface area contributed by atoms with Gasteiger partial charge in [0.2, 0.25) is 0 Å². The predicted octanol–water partition coefficient (Wildman–Crippen LogP) is 6.84. The molecule has 0 bridgehead atoms. The van der Waals surface area contributed by atoms with Crippen LogP contribution in [0, 0.1) is 0 Å². The Morgan fingerprint density at radius 2 is 1.42 bits per heavy atom. The van der Waals surface area contributed by atoms with Crippen LogP contribution in [0.15, 0.2) is 83.3 Å². The van der Waals surface area contributed by atoms with Crippen LogP contribution in [0.3, 0.4) is 0 Å². The molecule has 114 valence electrons. The van der Waals surface area contributed by atoms with Crippen LogP contribution in [-0.4, -0.2) is 0 Å². The highest BCUT2D eigenvalue weighted by Gasteiger charge is 2.21. The van der Waals surface area contributed by atoms with Gasteiger partial charge in [-0.15, -0.1) is 0 Å². The Labute approximate surface area is 149 Å². The number of hydrogen-bond acceptors (Lipinski definition) is 0. The lowest BCUT2D eigenvalue weighted by molar-refractivity contribution is 1.26. The second-order valence-electron chi connectivity index (χ2n) is 6.35. The van der Waals surface area contributed by atoms with Crippen molar-refractivity contribution in [3.8, 4) is 22.3 Å². The van der Waals surface area contributed by atoms with Gasteiger partial charge in [0.15, 0.2) is 0 Å². The van der Waals surface area contributed by atoms with Crippen LogP contribution in [-0.2, 0) is 6.42 Å². The summed E-state index contributed by atoms with van der Waals surface area (Å²) in [6.45, 7) is 0. The van der Waals surface area contributed by atoms with Gasteiger partial charge < -0.3 is 0 Å². The highest BCUT2D eigenvalue weighted by atomic mass is 79.9. The predicted molar refractivity (Wildman–Crippen MR) is 105 cm³/mol. The summed E-state index contributed by atoms with van der Waals surface area (Å²) in [4.78, 5) is 0. The van der Waals surface area contributed by atoms with E-state index in [9.17, 15) is 0 Å². The Kier molecular flexibility index (Phi) is 3.11. The molecule has 24 heavy (non-hydrogen) atoms. The van der Waals surface area contributed by atoms with Gasteiger partial charge in [-0.2, -0.15) is 0 Å². The molecule has 0 amide bonds. The zero-order valence-corrected chi connectivity index (χ0v) is 14.7. The normalized spacial score (nSPS) is 12.2. The lowest BCUT2D eigenvalue weighted by atomic mass is 9.95. The molecule has 0 saturated carbocycles. The molecular formula is C23H15Br. The van der Waals surface area contributed by atoms with E-state index in [0.29, 0.717) is 0 Å². The van der Waals surface area contributed by atoms with Gasteiger partial charge in [-0.1, -0.05) is 88.7 Å². The van der Waals surface area contributed by atoms with Crippen LogP contribution in [0.2, 0.25) is 0 Å². The first-order valence-corrected chi connectivity index (χ1v) is 8.99. The van der Waals surface area contributed by atoms with Gasteiger partial charge in [0.25, 0.3) is 0 Å². The molecule has 4 aromatic rings. The molecule has 0 aliphatic heterocycles. The summed E-state index contributed by atoms with van der Waals surface area (Å²) >= 11 is 3.83. The number of hydrogen-bond donors (Lipinski definition) is 0. The van der Waals surface area contributed by atoms with E-state index in [1.165, 1.54) is 48.6 Å². The highest BCUT2D eigenvalue weighted by Crippen LogP contribution is 2.44. The third kappa shape index (κ3) is 2.05. The second-order valence-corrected chi connectivity index (χ2v) is 7.21. The SMILES string of the molecule is Brc1cc(-c2cccc3ccccc23)cc2c1-c1ccccc1C2. The molecule has 0 fully saturated rings. The first-order chi connectivity index (χ1) is 11.8. The van der Waals surface area contributed by atoms with Crippen LogP contribution in [0.25, 0.3) is 33.0 Å². The van der Waals surface area contributed by atoms with Crippen molar-refractivity contribution in [2.45, 2.75) is 6.42 Å². The van der Waals surface area contributed by atoms with Crippen molar-refractivity contribution in [3.05, 3.63) is 94.5 Å². The van der Waals surface area contributed by atoms with E-state index >= 15 is 0 Å². The van der Waals surface area contributed by atoms with Gasteiger partial charge in [0.1, 0.15) is 0 Å². The summed E-state index contributed by atoms with van der Waals surface area (Å²) in [5, 5.41) is 2.59. The van der Waals surface area contributed by atoms with Gasteiger partial charge >= 0.3 is 0 Å². The highest BCUT2D eigenvalue weighted by molar-refractivity contribution is 9.10. The standard InChI is InChI=1S/C23H15Br/c24-22-14-17(20-11-5-8-15-6-1-3-9-19(15)20)13-18-12-16-7-2-4-10-21(16)23(18)22/h1-11,13-14H,12H2. The fourth-order valence-electron chi connectivity index (χ4n) is 3.86. The molecule has 0 aromatic heterocycles. The summed E-state index contributed by atoms with van der Waals surface area (Å²) in [6, 6.07) is 28.5. The van der Waals surface area contributed by atoms with Gasteiger partial charge in [-0.25, -0.2) is 0 Å². The fourth-order valence-corrected chi connectivity index (χ4v) is 4.58. The smallest absolute Gasteiger partial charge is 0.0262 e. The zero-order chi connectivity index (χ0) is 16.1. The summed E-state index contributed by atoms with van der Waals surface area (Å²) in [7, 11) is 0. The molecule has 1 heteroatoms. The molecule has 0 nitrogen and oxygen atoms in total. The third-order valence-corrected chi connectivity index (χ3v) is 5.57. The molecule has 0 unspecified atom stereocenters. The number of fused-ring (bicyclic) bond motifs is 4. The Hall–Kier alpha value is -2.38. The Morgan fingerprint density at radius 3 is 2.38 bits per heavy atom. The molecule has 0 radical (unpaired) electrons. The molecule has 0 heterocycles. The Balaban J connectivity index is 1.75. The van der Waals surface area contributed by atoms with E-state index in [2.05, 4.69) is 94.8 Å². The first-order valence-electron chi connectivity index (χ1n) is 8.20. The topological polar surface area (TPSA) is 0 Å². The minimum atomic E-state index is 1.02. The van der Waals surface area contributed by atoms with E-state index in [1.54, 1.807) is 0 Å². The summed E-state index contributed by atoms with van der Waals surface area (Å²) in [5.41, 5.74) is 8.13. The van der Waals surface area contributed by atoms with Crippen molar-refractivity contribution in [2.24, 2.45) is 0 Å². The van der Waals surface area contributed by atoms with Crippen molar-refractivity contribution >= 4 is 26.7 Å². The summed E-state index contributed by atoms with van der Waals surface area (Å²) in [6.07, 6.45) is 1.02. The lowest BCUT2D eigenvalue weighted by Crippen LogP contribution is -1.87. The average Bonchev–Trinajstić information content (AvgIpc) is 3.00. The van der Waals surface area contributed by atoms with Crippen LogP contribution in [0.4, 0.5) is 0 Å². The van der Waals surface area contributed by atoms with Crippen LogP contribution >= 0.6 is 15.9 Å². The van der Waals surface area contributed by atoms with E-state index in [-0.39, 0.29) is 0 Å². The lowest BCUT2D eigenvalue weighted by Gasteiger charge is -2.11. The van der Waals surface area contributed by atoms with Gasteiger partial charge in [-0.3, -0.25) is 0 Å². The van der Waals surface area contributed by atoms with E-state index in [4.69, 9.17) is 0 Å². The van der Waals surface area contributed by atoms with Gasteiger partial charge in [0.05, 0.1) is 0 Å². The fraction of sp³-hybridized carbons (Fsp3) is 0.0435. The Morgan fingerprint density at radius 1 is 0.667 bits per heavy atom. The van der Waals surface area contributed by atoms with Gasteiger partial charge in [-0.05, 0) is 56.6 Å². The average molecular weight is 371 g/mol. The zero-order valence-electron chi connectivity index (χ0n) is 13.1. The van der Waals surface area contributed by atoms with Crippen molar-refractivity contribution in [1.29, 1.82) is 0 Å². The largest absolute Gasteiger partial charge is 0.0619 e. The number of benzene rings is 4. The monoisotopic (exact) mass is 370 g/mol. The molecule has 1 aliphatic carbocycles. The second kappa shape index (κ2) is 5.32. The molecule has 1 aliphatic rings. The molecule has 0 N–H and O–H groups in total. The van der Waals surface area contributed by atoms with Crippen LogP contribution < -0.4 is 0 Å². The van der Waals surface area contributed by atoms with Crippen LogP contribution in [0.1, 0.15) is 11.1 Å². The Bertz CT molecular complexity index is 1090. The van der Waals surface area contributed by atoms with Crippen LogP contribution in [0.5, 0.6) is 0 Å². The minimum Gasteiger partial charge on any atom is -0.0619 e. The molecule has 0 atom stereocenters. The summed E-state index contributed by atoms with van der Waals surface area (Å²) in [5.74, 6) is 0. The first kappa shape index (κ1) is 14.0. The number of halogens is 1. The maximum atomic E-state index is 3.83. The molecule has 4 aromatic carbocycles. The van der Waals surface area contributed by atoms with Gasteiger partial charge in [0, 0.05) is 4.47 Å². The maximum Gasteiger partial charge on any atom is 0.0262 e.